The molecule has 0 radical (unpaired) electrons. The maximum absolute atomic E-state index is 13.0. The summed E-state index contributed by atoms with van der Waals surface area (Å²) in [5.41, 5.74) is 4.00. The zero-order chi connectivity index (χ0) is 21.4. The number of fused-ring (bicyclic) bond motifs is 1. The van der Waals surface area contributed by atoms with E-state index in [4.69, 9.17) is 4.42 Å². The van der Waals surface area contributed by atoms with Gasteiger partial charge in [-0.2, -0.15) is 0 Å². The molecule has 2 heterocycles. The summed E-state index contributed by atoms with van der Waals surface area (Å²) in [4.78, 5) is 31.4. The van der Waals surface area contributed by atoms with Crippen molar-refractivity contribution in [1.29, 1.82) is 0 Å². The molecule has 0 aliphatic carbocycles. The normalized spacial score (nSPS) is 17.5. The SMILES string of the molecule is CC([NH2+]C1CC(=O)N(c2ccc(-c3nc4ccccc4o3)cc2)C1=O)c1ccccc1. The summed E-state index contributed by atoms with van der Waals surface area (Å²) >= 11 is 0. The van der Waals surface area contributed by atoms with Crippen molar-refractivity contribution in [2.75, 3.05) is 4.90 Å². The zero-order valence-electron chi connectivity index (χ0n) is 17.1. The number of quaternary nitrogens is 1. The highest BCUT2D eigenvalue weighted by Crippen LogP contribution is 2.28. The van der Waals surface area contributed by atoms with Gasteiger partial charge in [-0.1, -0.05) is 42.5 Å². The Balaban J connectivity index is 1.34. The molecule has 1 fully saturated rings. The van der Waals surface area contributed by atoms with E-state index < -0.39 is 6.04 Å². The molecule has 31 heavy (non-hydrogen) atoms. The van der Waals surface area contributed by atoms with Gasteiger partial charge in [-0.25, -0.2) is 9.88 Å². The van der Waals surface area contributed by atoms with Gasteiger partial charge in [0.1, 0.15) is 11.6 Å². The van der Waals surface area contributed by atoms with E-state index in [0.29, 0.717) is 11.6 Å². The van der Waals surface area contributed by atoms with E-state index in [1.165, 1.54) is 4.90 Å². The maximum Gasteiger partial charge on any atom is 0.292 e. The number of nitrogens with two attached hydrogens (primary N) is 1. The predicted molar refractivity (Wildman–Crippen MR) is 117 cm³/mol. The Morgan fingerprint density at radius 1 is 0.968 bits per heavy atom. The molecule has 154 valence electrons. The highest BCUT2D eigenvalue weighted by molar-refractivity contribution is 6.21. The average Bonchev–Trinajstić information content (AvgIpc) is 3.35. The van der Waals surface area contributed by atoms with Gasteiger partial charge in [-0.15, -0.1) is 0 Å². The van der Waals surface area contributed by atoms with Crippen molar-refractivity contribution in [3.8, 4) is 11.5 Å². The van der Waals surface area contributed by atoms with Gasteiger partial charge in [0.2, 0.25) is 11.8 Å². The van der Waals surface area contributed by atoms with Crippen molar-refractivity contribution in [3.05, 3.63) is 84.4 Å². The molecule has 3 aromatic carbocycles. The standard InChI is InChI=1S/C25H21N3O3/c1-16(17-7-3-2-4-8-17)26-21-15-23(29)28(25(21)30)19-13-11-18(12-14-19)24-27-20-9-5-6-10-22(20)31-24/h2-14,16,21,26H,15H2,1H3/p+1. The summed E-state index contributed by atoms with van der Waals surface area (Å²) in [6, 6.07) is 24.4. The molecule has 1 aliphatic heterocycles. The van der Waals surface area contributed by atoms with Crippen molar-refractivity contribution in [1.82, 2.24) is 4.98 Å². The Morgan fingerprint density at radius 2 is 1.68 bits per heavy atom. The number of hydrogen-bond donors (Lipinski definition) is 1. The molecule has 1 saturated heterocycles. The molecule has 0 saturated carbocycles. The summed E-state index contributed by atoms with van der Waals surface area (Å²) in [6.45, 7) is 2.05. The third-order valence-electron chi connectivity index (χ3n) is 5.69. The van der Waals surface area contributed by atoms with Crippen LogP contribution in [0.4, 0.5) is 5.69 Å². The molecule has 0 bridgehead atoms. The first-order valence-electron chi connectivity index (χ1n) is 10.3. The quantitative estimate of drug-likeness (QED) is 0.509. The van der Waals surface area contributed by atoms with E-state index in [0.717, 1.165) is 22.2 Å². The van der Waals surface area contributed by atoms with E-state index in [9.17, 15) is 9.59 Å². The van der Waals surface area contributed by atoms with Gasteiger partial charge < -0.3 is 9.73 Å². The molecule has 0 spiro atoms. The molecule has 2 N–H and O–H groups in total. The number of para-hydroxylation sites is 2. The zero-order valence-corrected chi connectivity index (χ0v) is 17.1. The molecule has 2 unspecified atom stereocenters. The third kappa shape index (κ3) is 3.62. The van der Waals surface area contributed by atoms with E-state index in [-0.39, 0.29) is 24.3 Å². The summed E-state index contributed by atoms with van der Waals surface area (Å²) in [5, 5.41) is 1.97. The van der Waals surface area contributed by atoms with E-state index in [2.05, 4.69) is 4.98 Å². The molecule has 2 amide bonds. The number of benzene rings is 3. The highest BCUT2D eigenvalue weighted by Gasteiger charge is 2.43. The minimum atomic E-state index is -0.417. The number of oxazole rings is 1. The van der Waals surface area contributed by atoms with E-state index in [1.807, 2.05) is 79.0 Å². The highest BCUT2D eigenvalue weighted by atomic mass is 16.3. The van der Waals surface area contributed by atoms with Crippen LogP contribution < -0.4 is 10.2 Å². The number of rotatable bonds is 5. The van der Waals surface area contributed by atoms with Crippen LogP contribution in [-0.4, -0.2) is 22.8 Å². The number of carbonyl (C=O) groups is 2. The smallest absolute Gasteiger partial charge is 0.292 e. The average molecular weight is 412 g/mol. The number of aromatic nitrogens is 1. The molecule has 1 aromatic heterocycles. The topological polar surface area (TPSA) is 80.0 Å². The van der Waals surface area contributed by atoms with Crippen LogP contribution in [0.3, 0.4) is 0 Å². The van der Waals surface area contributed by atoms with Gasteiger partial charge in [-0.05, 0) is 43.3 Å². The lowest BCUT2D eigenvalue weighted by Gasteiger charge is -2.17. The number of anilines is 1. The summed E-state index contributed by atoms with van der Waals surface area (Å²) in [5.74, 6) is 0.151. The largest absolute Gasteiger partial charge is 0.436 e. The van der Waals surface area contributed by atoms with Crippen LogP contribution in [0.25, 0.3) is 22.6 Å². The van der Waals surface area contributed by atoms with Crippen molar-refractivity contribution < 1.29 is 19.3 Å². The van der Waals surface area contributed by atoms with Crippen LogP contribution in [0.15, 0.2) is 83.3 Å². The second-order valence-electron chi connectivity index (χ2n) is 7.80. The van der Waals surface area contributed by atoms with Gasteiger partial charge in [0.15, 0.2) is 11.6 Å². The van der Waals surface area contributed by atoms with Crippen LogP contribution in [-0.2, 0) is 9.59 Å². The first-order valence-corrected chi connectivity index (χ1v) is 10.3. The first-order chi connectivity index (χ1) is 15.1. The molecule has 6 heteroatoms. The Kier molecular flexibility index (Phi) is 4.84. The number of carbonyl (C=O) groups excluding carboxylic acids is 2. The fraction of sp³-hybridized carbons (Fsp3) is 0.160. The van der Waals surface area contributed by atoms with Crippen molar-refractivity contribution in [2.24, 2.45) is 0 Å². The fourth-order valence-corrected chi connectivity index (χ4v) is 4.04. The van der Waals surface area contributed by atoms with Gasteiger partial charge in [0.25, 0.3) is 5.91 Å². The molecule has 1 aliphatic rings. The number of amides is 2. The molecule has 6 nitrogen and oxygen atoms in total. The number of hydrogen-bond acceptors (Lipinski definition) is 4. The fourth-order valence-electron chi connectivity index (χ4n) is 4.04. The Bertz CT molecular complexity index is 1220. The van der Waals surface area contributed by atoms with Crippen LogP contribution in [0.5, 0.6) is 0 Å². The van der Waals surface area contributed by atoms with Crippen molar-refractivity contribution >= 4 is 28.6 Å². The summed E-state index contributed by atoms with van der Waals surface area (Å²) in [6.07, 6.45) is 0.197. The second-order valence-corrected chi connectivity index (χ2v) is 7.80. The molecule has 5 rings (SSSR count). The first kappa shape index (κ1) is 19.2. The minimum Gasteiger partial charge on any atom is -0.436 e. The van der Waals surface area contributed by atoms with Gasteiger partial charge >= 0.3 is 0 Å². The molecular formula is C25H22N3O3+. The molecule has 2 atom stereocenters. The molecule has 4 aromatic rings. The predicted octanol–water partition coefficient (Wildman–Crippen LogP) is 3.45. The van der Waals surface area contributed by atoms with E-state index >= 15 is 0 Å². The Morgan fingerprint density at radius 3 is 2.42 bits per heavy atom. The van der Waals surface area contributed by atoms with Gasteiger partial charge in [0.05, 0.1) is 12.1 Å². The third-order valence-corrected chi connectivity index (χ3v) is 5.69. The lowest BCUT2D eigenvalue weighted by atomic mass is 10.1. The summed E-state index contributed by atoms with van der Waals surface area (Å²) < 4.78 is 5.80. The Hall–Kier alpha value is -3.77. The van der Waals surface area contributed by atoms with Gasteiger partial charge in [-0.3, -0.25) is 9.59 Å². The lowest BCUT2D eigenvalue weighted by molar-refractivity contribution is -0.711. The van der Waals surface area contributed by atoms with Crippen molar-refractivity contribution in [3.63, 3.8) is 0 Å². The number of nitrogens with zero attached hydrogens (tertiary/aromatic N) is 2. The van der Waals surface area contributed by atoms with Gasteiger partial charge in [0, 0.05) is 11.1 Å². The Labute approximate surface area is 179 Å². The minimum absolute atomic E-state index is 0.0874. The monoisotopic (exact) mass is 412 g/mol. The number of imide groups is 1. The maximum atomic E-state index is 13.0. The van der Waals surface area contributed by atoms with Crippen LogP contribution in [0.1, 0.15) is 24.9 Å². The summed E-state index contributed by atoms with van der Waals surface area (Å²) in [7, 11) is 0. The van der Waals surface area contributed by atoms with Crippen LogP contribution >= 0.6 is 0 Å². The van der Waals surface area contributed by atoms with E-state index in [1.54, 1.807) is 12.1 Å². The van der Waals surface area contributed by atoms with Crippen LogP contribution in [0.2, 0.25) is 0 Å². The second kappa shape index (κ2) is 7.81. The van der Waals surface area contributed by atoms with Crippen molar-refractivity contribution in [2.45, 2.75) is 25.4 Å². The lowest BCUT2D eigenvalue weighted by Crippen LogP contribution is -2.91. The van der Waals surface area contributed by atoms with Crippen LogP contribution in [0, 0.1) is 0 Å². The molecular weight excluding hydrogens is 390 g/mol.